The monoisotopic (exact) mass is 424 g/mol. The number of nitrogens with one attached hydrogen (secondary N) is 1. The standard InChI is InChI=1S/C28H28N2O2/c1-19-17-26(24-11-7-8-12-25(24)30-19)29-18-20-13-15-21(16-14-20)22-9-5-6-10-23(22)27(31)32-28(2,3)4/h5-17H,18H2,1-4H3,(H,29,30). The maximum absolute atomic E-state index is 12.7. The van der Waals surface area contributed by atoms with E-state index in [0.717, 1.165) is 39.0 Å². The molecule has 4 heteroatoms. The molecule has 0 fully saturated rings. The smallest absolute Gasteiger partial charge is 0.339 e. The Hall–Kier alpha value is -3.66. The zero-order valence-electron chi connectivity index (χ0n) is 19.0. The summed E-state index contributed by atoms with van der Waals surface area (Å²) < 4.78 is 5.59. The van der Waals surface area contributed by atoms with Crippen molar-refractivity contribution >= 4 is 22.6 Å². The fourth-order valence-corrected chi connectivity index (χ4v) is 3.70. The third-order valence-electron chi connectivity index (χ3n) is 5.14. The number of nitrogens with zero attached hydrogens (tertiary/aromatic N) is 1. The molecule has 162 valence electrons. The summed E-state index contributed by atoms with van der Waals surface area (Å²) in [6, 6.07) is 26.1. The van der Waals surface area contributed by atoms with Crippen LogP contribution in [0.4, 0.5) is 5.69 Å². The molecule has 4 nitrogen and oxygen atoms in total. The second kappa shape index (κ2) is 8.83. The molecule has 0 saturated heterocycles. The number of aryl methyl sites for hydroxylation is 1. The van der Waals surface area contributed by atoms with Crippen molar-refractivity contribution < 1.29 is 9.53 Å². The lowest BCUT2D eigenvalue weighted by Gasteiger charge is -2.20. The quantitative estimate of drug-likeness (QED) is 0.359. The van der Waals surface area contributed by atoms with Crippen LogP contribution >= 0.6 is 0 Å². The van der Waals surface area contributed by atoms with Crippen LogP contribution in [-0.2, 0) is 11.3 Å². The Morgan fingerprint density at radius 3 is 2.38 bits per heavy atom. The highest BCUT2D eigenvalue weighted by atomic mass is 16.6. The van der Waals surface area contributed by atoms with Crippen LogP contribution in [0.1, 0.15) is 42.4 Å². The molecule has 3 aromatic carbocycles. The summed E-state index contributed by atoms with van der Waals surface area (Å²) in [6.45, 7) is 8.34. The second-order valence-electron chi connectivity index (χ2n) is 8.93. The predicted octanol–water partition coefficient (Wildman–Crippen LogP) is 6.78. The molecular formula is C28H28N2O2. The van der Waals surface area contributed by atoms with E-state index in [9.17, 15) is 4.79 Å². The number of esters is 1. The van der Waals surface area contributed by atoms with E-state index < -0.39 is 5.60 Å². The van der Waals surface area contributed by atoms with Crippen molar-refractivity contribution in [3.63, 3.8) is 0 Å². The molecule has 1 heterocycles. The van der Waals surface area contributed by atoms with Gasteiger partial charge in [0, 0.05) is 23.3 Å². The SMILES string of the molecule is Cc1cc(NCc2ccc(-c3ccccc3C(=O)OC(C)(C)C)cc2)c2ccccc2n1. The van der Waals surface area contributed by atoms with E-state index in [1.807, 2.05) is 70.2 Å². The Bertz CT molecular complexity index is 1250. The molecular weight excluding hydrogens is 396 g/mol. The van der Waals surface area contributed by atoms with Gasteiger partial charge >= 0.3 is 5.97 Å². The summed E-state index contributed by atoms with van der Waals surface area (Å²) in [4.78, 5) is 17.3. The van der Waals surface area contributed by atoms with Crippen LogP contribution < -0.4 is 5.32 Å². The number of pyridine rings is 1. The van der Waals surface area contributed by atoms with Gasteiger partial charge in [0.05, 0.1) is 11.1 Å². The maximum Gasteiger partial charge on any atom is 0.339 e. The third-order valence-corrected chi connectivity index (χ3v) is 5.14. The number of fused-ring (bicyclic) bond motifs is 1. The zero-order valence-corrected chi connectivity index (χ0v) is 19.0. The first-order chi connectivity index (χ1) is 15.3. The van der Waals surface area contributed by atoms with E-state index in [1.165, 1.54) is 0 Å². The highest BCUT2D eigenvalue weighted by molar-refractivity contribution is 5.97. The topological polar surface area (TPSA) is 51.2 Å². The molecule has 1 aromatic heterocycles. The van der Waals surface area contributed by atoms with Crippen molar-refractivity contribution in [3.05, 3.63) is 95.7 Å². The van der Waals surface area contributed by atoms with E-state index >= 15 is 0 Å². The molecule has 0 atom stereocenters. The minimum Gasteiger partial charge on any atom is -0.456 e. The molecule has 0 aliphatic rings. The second-order valence-corrected chi connectivity index (χ2v) is 8.93. The van der Waals surface area contributed by atoms with Crippen LogP contribution in [0.15, 0.2) is 78.9 Å². The summed E-state index contributed by atoms with van der Waals surface area (Å²) in [5, 5.41) is 4.66. The molecule has 4 rings (SSSR count). The van der Waals surface area contributed by atoms with Crippen LogP contribution in [0, 0.1) is 6.92 Å². The van der Waals surface area contributed by atoms with Gasteiger partial charge in [-0.15, -0.1) is 0 Å². The Balaban J connectivity index is 1.54. The number of hydrogen-bond donors (Lipinski definition) is 1. The first-order valence-electron chi connectivity index (χ1n) is 10.8. The summed E-state index contributed by atoms with van der Waals surface area (Å²) in [6.07, 6.45) is 0. The minimum atomic E-state index is -0.533. The molecule has 0 radical (unpaired) electrons. The van der Waals surface area contributed by atoms with Gasteiger partial charge in [-0.2, -0.15) is 0 Å². The minimum absolute atomic E-state index is 0.307. The average molecular weight is 425 g/mol. The van der Waals surface area contributed by atoms with Crippen molar-refractivity contribution in [1.29, 1.82) is 0 Å². The Morgan fingerprint density at radius 1 is 0.938 bits per heavy atom. The van der Waals surface area contributed by atoms with Crippen LogP contribution in [0.5, 0.6) is 0 Å². The van der Waals surface area contributed by atoms with E-state index in [4.69, 9.17) is 4.74 Å². The van der Waals surface area contributed by atoms with Gasteiger partial charge in [0.2, 0.25) is 0 Å². The maximum atomic E-state index is 12.7. The lowest BCUT2D eigenvalue weighted by Crippen LogP contribution is -2.24. The van der Waals surface area contributed by atoms with Crippen LogP contribution in [0.3, 0.4) is 0 Å². The van der Waals surface area contributed by atoms with Gasteiger partial charge in [-0.3, -0.25) is 4.98 Å². The van der Waals surface area contributed by atoms with E-state index in [2.05, 4.69) is 46.7 Å². The summed E-state index contributed by atoms with van der Waals surface area (Å²) in [5.74, 6) is -0.307. The number of para-hydroxylation sites is 1. The van der Waals surface area contributed by atoms with Gasteiger partial charge in [0.1, 0.15) is 5.60 Å². The molecule has 32 heavy (non-hydrogen) atoms. The third kappa shape index (κ3) is 4.97. The highest BCUT2D eigenvalue weighted by Gasteiger charge is 2.20. The number of ether oxygens (including phenoxy) is 1. The van der Waals surface area contributed by atoms with E-state index in [1.54, 1.807) is 0 Å². The summed E-state index contributed by atoms with van der Waals surface area (Å²) in [5.41, 5.74) is 6.11. The van der Waals surface area contributed by atoms with Crippen molar-refractivity contribution in [1.82, 2.24) is 4.98 Å². The molecule has 0 spiro atoms. The molecule has 1 N–H and O–H groups in total. The summed E-state index contributed by atoms with van der Waals surface area (Å²) in [7, 11) is 0. The van der Waals surface area contributed by atoms with Crippen molar-refractivity contribution in [2.45, 2.75) is 39.8 Å². The predicted molar refractivity (Wildman–Crippen MR) is 131 cm³/mol. The van der Waals surface area contributed by atoms with Gasteiger partial charge in [0.15, 0.2) is 0 Å². The van der Waals surface area contributed by atoms with Crippen molar-refractivity contribution in [3.8, 4) is 11.1 Å². The van der Waals surface area contributed by atoms with Crippen LogP contribution in [0.25, 0.3) is 22.0 Å². The molecule has 0 aliphatic carbocycles. The molecule has 4 aromatic rings. The molecule has 0 bridgehead atoms. The molecule has 0 aliphatic heterocycles. The van der Waals surface area contributed by atoms with Gasteiger partial charge in [-0.25, -0.2) is 4.79 Å². The van der Waals surface area contributed by atoms with Gasteiger partial charge in [-0.1, -0.05) is 60.7 Å². The molecule has 0 unspecified atom stereocenters. The Kier molecular flexibility index (Phi) is 5.95. The van der Waals surface area contributed by atoms with Crippen LogP contribution in [-0.4, -0.2) is 16.6 Å². The first-order valence-corrected chi connectivity index (χ1v) is 10.8. The zero-order chi connectivity index (χ0) is 22.7. The normalized spacial score (nSPS) is 11.4. The number of benzene rings is 3. The number of hydrogen-bond acceptors (Lipinski definition) is 4. The fourth-order valence-electron chi connectivity index (χ4n) is 3.70. The largest absolute Gasteiger partial charge is 0.456 e. The number of carbonyl (C=O) groups is 1. The highest BCUT2D eigenvalue weighted by Crippen LogP contribution is 2.27. The molecule has 0 amide bonds. The summed E-state index contributed by atoms with van der Waals surface area (Å²) >= 11 is 0. The van der Waals surface area contributed by atoms with Crippen molar-refractivity contribution in [2.75, 3.05) is 5.32 Å². The fraction of sp³-hybridized carbons (Fsp3) is 0.214. The Labute approximate surface area is 189 Å². The lowest BCUT2D eigenvalue weighted by molar-refractivity contribution is 0.00704. The van der Waals surface area contributed by atoms with E-state index in [-0.39, 0.29) is 5.97 Å². The van der Waals surface area contributed by atoms with Gasteiger partial charge in [0.25, 0.3) is 0 Å². The average Bonchev–Trinajstić information content (AvgIpc) is 2.76. The number of rotatable bonds is 5. The van der Waals surface area contributed by atoms with Gasteiger partial charge in [-0.05, 0) is 62.6 Å². The van der Waals surface area contributed by atoms with Crippen molar-refractivity contribution in [2.24, 2.45) is 0 Å². The number of carbonyl (C=O) groups excluding carboxylic acids is 1. The van der Waals surface area contributed by atoms with Crippen LogP contribution in [0.2, 0.25) is 0 Å². The number of anilines is 1. The number of aromatic nitrogens is 1. The Morgan fingerprint density at radius 2 is 1.62 bits per heavy atom. The molecule has 0 saturated carbocycles. The first kappa shape index (κ1) is 21.6. The van der Waals surface area contributed by atoms with Gasteiger partial charge < -0.3 is 10.1 Å². The van der Waals surface area contributed by atoms with E-state index in [0.29, 0.717) is 12.1 Å². The lowest BCUT2D eigenvalue weighted by atomic mass is 9.98.